The van der Waals surface area contributed by atoms with Gasteiger partial charge in [-0.25, -0.2) is 4.79 Å². The molecule has 0 aromatic heterocycles. The van der Waals surface area contributed by atoms with Crippen molar-refractivity contribution in [2.75, 3.05) is 18.6 Å². The molecule has 0 unspecified atom stereocenters. The first-order valence-corrected chi connectivity index (χ1v) is 7.07. The minimum absolute atomic E-state index is 0.110. The second-order valence-electron chi connectivity index (χ2n) is 4.53. The highest BCUT2D eigenvalue weighted by Gasteiger charge is 2.34. The Morgan fingerprint density at radius 1 is 1.29 bits per heavy atom. The second kappa shape index (κ2) is 7.58. The van der Waals surface area contributed by atoms with Gasteiger partial charge in [0.2, 0.25) is 5.91 Å². The Balaban J connectivity index is 4.02. The summed E-state index contributed by atoms with van der Waals surface area (Å²) in [4.78, 5) is 24.1. The molecule has 0 aliphatic heterocycles. The van der Waals surface area contributed by atoms with Crippen molar-refractivity contribution >= 4 is 23.6 Å². The molecule has 0 saturated heterocycles. The number of carboxylic acids is 1. The van der Waals surface area contributed by atoms with Crippen molar-refractivity contribution in [3.8, 4) is 0 Å². The number of carbonyl (C=O) groups is 2. The van der Waals surface area contributed by atoms with E-state index in [4.69, 9.17) is 5.11 Å². The number of unbranched alkanes of at least 4 members (excludes halogenated alkanes) is 1. The summed E-state index contributed by atoms with van der Waals surface area (Å²) in [6.45, 7) is 5.21. The minimum Gasteiger partial charge on any atom is -0.480 e. The average Bonchev–Trinajstić information content (AvgIpc) is 2.27. The van der Waals surface area contributed by atoms with Gasteiger partial charge in [-0.1, -0.05) is 13.3 Å². The summed E-state index contributed by atoms with van der Waals surface area (Å²) >= 11 is 1.75. The maximum Gasteiger partial charge on any atom is 0.329 e. The second-order valence-corrected chi connectivity index (χ2v) is 5.76. The van der Waals surface area contributed by atoms with Gasteiger partial charge in [0.25, 0.3) is 0 Å². The van der Waals surface area contributed by atoms with Crippen LogP contribution >= 0.6 is 11.8 Å². The SMILES string of the molecule is CCCCSCCC(=O)N(C)C(C)(C)C(=O)O. The van der Waals surface area contributed by atoms with Gasteiger partial charge < -0.3 is 10.0 Å². The van der Waals surface area contributed by atoms with Crippen LogP contribution in [-0.4, -0.2) is 46.0 Å². The van der Waals surface area contributed by atoms with Gasteiger partial charge in [0.1, 0.15) is 5.54 Å². The molecular formula is C12H23NO3S. The van der Waals surface area contributed by atoms with Crippen LogP contribution in [0.1, 0.15) is 40.0 Å². The highest BCUT2D eigenvalue weighted by atomic mass is 32.2. The average molecular weight is 261 g/mol. The van der Waals surface area contributed by atoms with Crippen LogP contribution in [-0.2, 0) is 9.59 Å². The number of thioether (sulfide) groups is 1. The van der Waals surface area contributed by atoms with E-state index in [2.05, 4.69) is 6.92 Å². The maximum absolute atomic E-state index is 11.8. The third kappa shape index (κ3) is 5.44. The molecule has 17 heavy (non-hydrogen) atoms. The van der Waals surface area contributed by atoms with E-state index in [-0.39, 0.29) is 5.91 Å². The molecule has 0 spiro atoms. The van der Waals surface area contributed by atoms with Crippen LogP contribution in [0.25, 0.3) is 0 Å². The summed E-state index contributed by atoms with van der Waals surface area (Å²) in [5, 5.41) is 9.00. The number of nitrogens with zero attached hydrogens (tertiary/aromatic N) is 1. The predicted octanol–water partition coefficient (Wildman–Crippen LogP) is 2.23. The normalized spacial score (nSPS) is 11.3. The molecular weight excluding hydrogens is 238 g/mol. The number of hydrogen-bond acceptors (Lipinski definition) is 3. The molecule has 0 aromatic rings. The largest absolute Gasteiger partial charge is 0.480 e. The summed E-state index contributed by atoms with van der Waals surface area (Å²) in [5.41, 5.74) is -1.13. The number of carboxylic acid groups (broad SMARTS) is 1. The Hall–Kier alpha value is -0.710. The summed E-state index contributed by atoms with van der Waals surface area (Å²) in [6.07, 6.45) is 2.73. The van der Waals surface area contributed by atoms with Gasteiger partial charge in [-0.3, -0.25) is 4.79 Å². The van der Waals surface area contributed by atoms with Gasteiger partial charge in [0, 0.05) is 19.2 Å². The standard InChI is InChI=1S/C12H23NO3S/c1-5-6-8-17-9-7-10(14)13(4)12(2,3)11(15)16/h5-9H2,1-4H3,(H,15,16). The van der Waals surface area contributed by atoms with Crippen molar-refractivity contribution in [2.24, 2.45) is 0 Å². The van der Waals surface area contributed by atoms with Crippen LogP contribution in [0.5, 0.6) is 0 Å². The fourth-order valence-electron chi connectivity index (χ4n) is 1.13. The van der Waals surface area contributed by atoms with Gasteiger partial charge in [0.05, 0.1) is 0 Å². The van der Waals surface area contributed by atoms with E-state index in [1.807, 2.05) is 0 Å². The maximum atomic E-state index is 11.8. The molecule has 0 atom stereocenters. The van der Waals surface area contributed by atoms with Crippen molar-refractivity contribution in [3.63, 3.8) is 0 Å². The first-order valence-electron chi connectivity index (χ1n) is 5.91. The lowest BCUT2D eigenvalue weighted by atomic mass is 10.0. The van der Waals surface area contributed by atoms with Crippen LogP contribution in [0.4, 0.5) is 0 Å². The quantitative estimate of drug-likeness (QED) is 0.681. The Morgan fingerprint density at radius 2 is 1.88 bits per heavy atom. The number of amides is 1. The van der Waals surface area contributed by atoms with E-state index in [0.717, 1.165) is 24.3 Å². The van der Waals surface area contributed by atoms with Crippen LogP contribution in [0.15, 0.2) is 0 Å². The first-order chi connectivity index (χ1) is 7.84. The molecule has 0 aliphatic rings. The van der Waals surface area contributed by atoms with Crippen molar-refractivity contribution in [1.82, 2.24) is 4.90 Å². The van der Waals surface area contributed by atoms with Crippen molar-refractivity contribution in [3.05, 3.63) is 0 Å². The lowest BCUT2D eigenvalue weighted by Gasteiger charge is -2.31. The minimum atomic E-state index is -1.13. The van der Waals surface area contributed by atoms with E-state index in [1.54, 1.807) is 18.8 Å². The van der Waals surface area contributed by atoms with E-state index >= 15 is 0 Å². The zero-order chi connectivity index (χ0) is 13.5. The highest BCUT2D eigenvalue weighted by Crippen LogP contribution is 2.15. The third-order valence-electron chi connectivity index (χ3n) is 2.84. The smallest absolute Gasteiger partial charge is 0.329 e. The van der Waals surface area contributed by atoms with Crippen molar-refractivity contribution in [2.45, 2.75) is 45.6 Å². The molecule has 0 radical (unpaired) electrons. The van der Waals surface area contributed by atoms with Crippen molar-refractivity contribution < 1.29 is 14.7 Å². The van der Waals surface area contributed by atoms with Gasteiger partial charge in [0.15, 0.2) is 0 Å². The Kier molecular flexibility index (Phi) is 7.27. The lowest BCUT2D eigenvalue weighted by Crippen LogP contribution is -2.50. The van der Waals surface area contributed by atoms with E-state index in [0.29, 0.717) is 6.42 Å². The topological polar surface area (TPSA) is 57.6 Å². The number of carbonyl (C=O) groups excluding carboxylic acids is 1. The Morgan fingerprint density at radius 3 is 2.35 bits per heavy atom. The van der Waals surface area contributed by atoms with E-state index in [1.165, 1.54) is 18.7 Å². The van der Waals surface area contributed by atoms with Crippen LogP contribution in [0.3, 0.4) is 0 Å². The highest BCUT2D eigenvalue weighted by molar-refractivity contribution is 7.99. The summed E-state index contributed by atoms with van der Waals surface area (Å²) in [6, 6.07) is 0. The zero-order valence-corrected chi connectivity index (χ0v) is 12.0. The van der Waals surface area contributed by atoms with Crippen LogP contribution in [0.2, 0.25) is 0 Å². The molecule has 100 valence electrons. The Labute approximate surface area is 108 Å². The molecule has 1 N–H and O–H groups in total. The summed E-state index contributed by atoms with van der Waals surface area (Å²) < 4.78 is 0. The third-order valence-corrected chi connectivity index (χ3v) is 3.91. The lowest BCUT2D eigenvalue weighted by molar-refractivity contribution is -0.155. The number of hydrogen-bond donors (Lipinski definition) is 1. The number of rotatable bonds is 8. The molecule has 4 nitrogen and oxygen atoms in total. The van der Waals surface area contributed by atoms with E-state index in [9.17, 15) is 9.59 Å². The molecule has 0 heterocycles. The molecule has 5 heteroatoms. The van der Waals surface area contributed by atoms with Gasteiger partial charge in [-0.15, -0.1) is 0 Å². The molecule has 0 bridgehead atoms. The van der Waals surface area contributed by atoms with Crippen LogP contribution < -0.4 is 0 Å². The monoisotopic (exact) mass is 261 g/mol. The first kappa shape index (κ1) is 16.3. The molecule has 0 rings (SSSR count). The van der Waals surface area contributed by atoms with Gasteiger partial charge >= 0.3 is 5.97 Å². The van der Waals surface area contributed by atoms with Gasteiger partial charge in [-0.2, -0.15) is 11.8 Å². The fraction of sp³-hybridized carbons (Fsp3) is 0.833. The molecule has 0 aliphatic carbocycles. The molecule has 0 saturated carbocycles. The Bertz CT molecular complexity index is 266. The molecule has 0 fully saturated rings. The molecule has 0 aromatic carbocycles. The summed E-state index contributed by atoms with van der Waals surface area (Å²) in [5.74, 6) is 0.739. The predicted molar refractivity (Wildman–Crippen MR) is 71.3 cm³/mol. The molecule has 1 amide bonds. The fourth-order valence-corrected chi connectivity index (χ4v) is 2.15. The zero-order valence-electron chi connectivity index (χ0n) is 11.2. The summed E-state index contributed by atoms with van der Waals surface area (Å²) in [7, 11) is 1.55. The number of likely N-dealkylation sites (N-methyl/N-ethyl adjacent to an activating group) is 1. The van der Waals surface area contributed by atoms with Crippen molar-refractivity contribution in [1.29, 1.82) is 0 Å². The number of aliphatic carboxylic acids is 1. The van der Waals surface area contributed by atoms with Crippen LogP contribution in [0, 0.1) is 0 Å². The van der Waals surface area contributed by atoms with E-state index < -0.39 is 11.5 Å². The van der Waals surface area contributed by atoms with Gasteiger partial charge in [-0.05, 0) is 26.0 Å².